The molecule has 2 aromatic rings. The Bertz CT molecular complexity index is 780. The summed E-state index contributed by atoms with van der Waals surface area (Å²) in [5.41, 5.74) is 1.09. The second-order valence-electron chi connectivity index (χ2n) is 6.79. The lowest BCUT2D eigenvalue weighted by Crippen LogP contribution is -2.26. The molecule has 0 bridgehead atoms. The van der Waals surface area contributed by atoms with Crippen LogP contribution in [0, 0.1) is 11.8 Å². The van der Waals surface area contributed by atoms with Gasteiger partial charge < -0.3 is 14.4 Å². The van der Waals surface area contributed by atoms with Crippen LogP contribution in [0.1, 0.15) is 38.2 Å². The molecule has 1 aliphatic heterocycles. The number of pyridine rings is 1. The Balaban J connectivity index is 1.60. The van der Waals surface area contributed by atoms with Crippen LogP contribution in [0.2, 0.25) is 0 Å². The largest absolute Gasteiger partial charge is 0.489 e. The number of ether oxygens (including phenoxy) is 1. The summed E-state index contributed by atoms with van der Waals surface area (Å²) in [4.78, 5) is 16.6. The third-order valence-electron chi connectivity index (χ3n) is 4.58. The van der Waals surface area contributed by atoms with E-state index in [0.717, 1.165) is 23.4 Å². The molecule has 0 aliphatic carbocycles. The summed E-state index contributed by atoms with van der Waals surface area (Å²) in [7, 11) is 0. The first kappa shape index (κ1) is 18.3. The molecule has 0 saturated carbocycles. The maximum absolute atomic E-state index is 13.9. The second-order valence-corrected chi connectivity index (χ2v) is 6.79. The smallest absolute Gasteiger partial charge is 0.214 e. The highest BCUT2D eigenvalue weighted by atomic mass is 19.1. The number of carbonyl (C=O) groups is 1. The Morgan fingerprint density at radius 3 is 2.69 bits per heavy atom. The number of nitrogens with zero attached hydrogens (tertiary/aromatic N) is 2. The van der Waals surface area contributed by atoms with Gasteiger partial charge in [0.15, 0.2) is 11.6 Å². The summed E-state index contributed by atoms with van der Waals surface area (Å²) < 4.78 is 33.1. The summed E-state index contributed by atoms with van der Waals surface area (Å²) in [5, 5.41) is 0. The van der Waals surface area contributed by atoms with Gasteiger partial charge in [-0.25, -0.2) is 4.39 Å². The molecule has 1 aromatic heterocycles. The van der Waals surface area contributed by atoms with Gasteiger partial charge in [-0.2, -0.15) is 9.37 Å². The Labute approximate surface area is 151 Å². The van der Waals surface area contributed by atoms with Crippen LogP contribution in [0.4, 0.5) is 14.6 Å². The third-order valence-corrected chi connectivity index (χ3v) is 4.58. The summed E-state index contributed by atoms with van der Waals surface area (Å²) in [6.45, 7) is 4.63. The average molecular weight is 360 g/mol. The van der Waals surface area contributed by atoms with E-state index in [4.69, 9.17) is 4.74 Å². The molecule has 1 aliphatic rings. The number of aromatic nitrogens is 1. The zero-order chi connectivity index (χ0) is 18.7. The van der Waals surface area contributed by atoms with E-state index in [0.29, 0.717) is 25.9 Å². The lowest BCUT2D eigenvalue weighted by molar-refractivity contribution is -0.117. The molecule has 0 amide bonds. The molecular formula is C20H22F2N2O2. The van der Waals surface area contributed by atoms with Crippen LogP contribution >= 0.6 is 0 Å². The van der Waals surface area contributed by atoms with Crippen molar-refractivity contribution in [1.82, 2.24) is 4.98 Å². The van der Waals surface area contributed by atoms with Gasteiger partial charge >= 0.3 is 0 Å². The van der Waals surface area contributed by atoms with Crippen LogP contribution in [0.25, 0.3) is 0 Å². The highest BCUT2D eigenvalue weighted by Crippen LogP contribution is 2.26. The van der Waals surface area contributed by atoms with E-state index in [-0.39, 0.29) is 23.6 Å². The van der Waals surface area contributed by atoms with Crippen LogP contribution in [0.15, 0.2) is 36.4 Å². The lowest BCUT2D eigenvalue weighted by atomic mass is 9.96. The molecule has 4 nitrogen and oxygen atoms in total. The number of halogens is 2. The van der Waals surface area contributed by atoms with Crippen LogP contribution in [0.3, 0.4) is 0 Å². The van der Waals surface area contributed by atoms with E-state index in [2.05, 4.69) is 4.98 Å². The molecule has 0 unspecified atom stereocenters. The first-order chi connectivity index (χ1) is 12.4. The minimum Gasteiger partial charge on any atom is -0.489 e. The summed E-state index contributed by atoms with van der Waals surface area (Å²) in [6.07, 6.45) is 1.12. The van der Waals surface area contributed by atoms with Crippen molar-refractivity contribution in [2.24, 2.45) is 0 Å². The van der Waals surface area contributed by atoms with Gasteiger partial charge in [0.05, 0.1) is 6.54 Å². The molecule has 3 rings (SSSR count). The van der Waals surface area contributed by atoms with Gasteiger partial charge in [0, 0.05) is 19.4 Å². The quantitative estimate of drug-likeness (QED) is 0.728. The minimum absolute atomic E-state index is 0.0319. The van der Waals surface area contributed by atoms with Crippen molar-refractivity contribution in [3.05, 3.63) is 53.7 Å². The summed E-state index contributed by atoms with van der Waals surface area (Å²) in [5.74, 6) is -0.127. The maximum Gasteiger partial charge on any atom is 0.214 e. The standard InChI is InChI=1S/C20H22F2N2O2/c1-13(11-14(2)25)15-3-5-16(6-4-15)26-17-9-10-24(12-17)20-18(21)7-8-19(22)23-20/h3-8,13,17H,9-12H2,1-2H3/t13-,17-/m1/s1. The van der Waals surface area contributed by atoms with Gasteiger partial charge in [-0.05, 0) is 42.7 Å². The number of Topliss-reactive ketones (excluding diaryl/α,β-unsaturated/α-hetero) is 1. The first-order valence-corrected chi connectivity index (χ1v) is 8.75. The third kappa shape index (κ3) is 4.36. The van der Waals surface area contributed by atoms with Crippen molar-refractivity contribution in [2.75, 3.05) is 18.0 Å². The van der Waals surface area contributed by atoms with Crippen LogP contribution < -0.4 is 9.64 Å². The topological polar surface area (TPSA) is 42.4 Å². The highest BCUT2D eigenvalue weighted by molar-refractivity contribution is 5.76. The first-order valence-electron chi connectivity index (χ1n) is 8.75. The number of anilines is 1. The van der Waals surface area contributed by atoms with Crippen molar-refractivity contribution >= 4 is 11.6 Å². The van der Waals surface area contributed by atoms with Crippen LogP contribution in [-0.4, -0.2) is 30.0 Å². The molecule has 2 heterocycles. The molecule has 6 heteroatoms. The second kappa shape index (κ2) is 7.81. The van der Waals surface area contributed by atoms with Crippen molar-refractivity contribution in [1.29, 1.82) is 0 Å². The Hall–Kier alpha value is -2.50. The van der Waals surface area contributed by atoms with Gasteiger partial charge in [-0.3, -0.25) is 0 Å². The monoisotopic (exact) mass is 360 g/mol. The summed E-state index contributed by atoms with van der Waals surface area (Å²) >= 11 is 0. The SMILES string of the molecule is CC(=O)C[C@@H](C)c1ccc(O[C@@H]2CCN(c3nc(F)ccc3F)C2)cc1. The fourth-order valence-corrected chi connectivity index (χ4v) is 3.26. The number of rotatable bonds is 6. The molecule has 1 saturated heterocycles. The van der Waals surface area contributed by atoms with Gasteiger partial charge in [0.25, 0.3) is 0 Å². The van der Waals surface area contributed by atoms with E-state index < -0.39 is 11.8 Å². The van der Waals surface area contributed by atoms with E-state index in [1.807, 2.05) is 31.2 Å². The maximum atomic E-state index is 13.9. The predicted molar refractivity (Wildman–Crippen MR) is 95.6 cm³/mol. The zero-order valence-corrected chi connectivity index (χ0v) is 14.9. The molecule has 0 spiro atoms. The van der Waals surface area contributed by atoms with Crippen molar-refractivity contribution in [2.45, 2.75) is 38.7 Å². The molecule has 26 heavy (non-hydrogen) atoms. The number of benzene rings is 1. The number of hydrogen-bond donors (Lipinski definition) is 0. The van der Waals surface area contributed by atoms with Crippen molar-refractivity contribution in [3.63, 3.8) is 0 Å². The molecule has 1 fully saturated rings. The van der Waals surface area contributed by atoms with Crippen molar-refractivity contribution in [3.8, 4) is 5.75 Å². The number of ketones is 1. The van der Waals surface area contributed by atoms with E-state index in [1.54, 1.807) is 11.8 Å². The van der Waals surface area contributed by atoms with Crippen LogP contribution in [-0.2, 0) is 4.79 Å². The molecule has 0 radical (unpaired) electrons. The van der Waals surface area contributed by atoms with Crippen molar-refractivity contribution < 1.29 is 18.3 Å². The molecular weight excluding hydrogens is 338 g/mol. The van der Waals surface area contributed by atoms with E-state index in [9.17, 15) is 13.6 Å². The minimum atomic E-state index is -0.693. The number of hydrogen-bond acceptors (Lipinski definition) is 4. The van der Waals surface area contributed by atoms with E-state index >= 15 is 0 Å². The molecule has 138 valence electrons. The Kier molecular flexibility index (Phi) is 5.49. The zero-order valence-electron chi connectivity index (χ0n) is 14.9. The lowest BCUT2D eigenvalue weighted by Gasteiger charge is -2.19. The molecule has 2 atom stereocenters. The van der Waals surface area contributed by atoms with Gasteiger partial charge in [-0.1, -0.05) is 19.1 Å². The Morgan fingerprint density at radius 2 is 2.00 bits per heavy atom. The van der Waals surface area contributed by atoms with E-state index in [1.165, 1.54) is 0 Å². The average Bonchev–Trinajstić information content (AvgIpc) is 3.05. The fourth-order valence-electron chi connectivity index (χ4n) is 3.26. The normalized spacial score (nSPS) is 18.0. The number of carbonyl (C=O) groups excluding carboxylic acids is 1. The van der Waals surface area contributed by atoms with Gasteiger partial charge in [0.1, 0.15) is 17.6 Å². The molecule has 1 aromatic carbocycles. The fraction of sp³-hybridized carbons (Fsp3) is 0.400. The Morgan fingerprint density at radius 1 is 1.27 bits per heavy atom. The predicted octanol–water partition coefficient (Wildman–Crippen LogP) is 4.10. The van der Waals surface area contributed by atoms with Gasteiger partial charge in [-0.15, -0.1) is 0 Å². The summed E-state index contributed by atoms with van der Waals surface area (Å²) in [6, 6.07) is 9.79. The highest BCUT2D eigenvalue weighted by Gasteiger charge is 2.27. The van der Waals surface area contributed by atoms with Crippen LogP contribution in [0.5, 0.6) is 5.75 Å². The van der Waals surface area contributed by atoms with Gasteiger partial charge in [0.2, 0.25) is 5.95 Å². The molecule has 0 N–H and O–H groups in total.